The monoisotopic (exact) mass is 499 g/mol. The Hall–Kier alpha value is -2.33. The molecule has 1 aliphatic heterocycles. The minimum absolute atomic E-state index is 0.0253. The molecule has 0 saturated carbocycles. The van der Waals surface area contributed by atoms with Gasteiger partial charge in [0.25, 0.3) is 0 Å². The number of alkyl halides is 3. The van der Waals surface area contributed by atoms with Crippen LogP contribution in [0.4, 0.5) is 24.5 Å². The van der Waals surface area contributed by atoms with E-state index >= 15 is 0 Å². The van der Waals surface area contributed by atoms with Gasteiger partial charge in [-0.25, -0.2) is 4.99 Å². The van der Waals surface area contributed by atoms with Gasteiger partial charge in [0.2, 0.25) is 11.8 Å². The average molecular weight is 500 g/mol. The second kappa shape index (κ2) is 9.22. The van der Waals surface area contributed by atoms with Crippen molar-refractivity contribution in [3.63, 3.8) is 0 Å². The fourth-order valence-electron chi connectivity index (χ4n) is 2.77. The van der Waals surface area contributed by atoms with Gasteiger partial charge >= 0.3 is 6.18 Å². The van der Waals surface area contributed by atoms with Gasteiger partial charge in [-0.05, 0) is 49.4 Å². The molecule has 30 heavy (non-hydrogen) atoms. The van der Waals surface area contributed by atoms with Crippen molar-refractivity contribution in [2.45, 2.75) is 24.8 Å². The molecule has 0 aromatic heterocycles. The summed E-state index contributed by atoms with van der Waals surface area (Å²) < 4.78 is 39.8. The van der Waals surface area contributed by atoms with Gasteiger partial charge in [-0.15, -0.1) is 0 Å². The van der Waals surface area contributed by atoms with Crippen LogP contribution in [-0.2, 0) is 15.8 Å². The van der Waals surface area contributed by atoms with Crippen molar-refractivity contribution in [2.24, 2.45) is 4.99 Å². The van der Waals surface area contributed by atoms with E-state index in [2.05, 4.69) is 26.2 Å². The lowest BCUT2D eigenvalue weighted by molar-refractivity contribution is -0.137. The summed E-state index contributed by atoms with van der Waals surface area (Å²) in [7, 11) is 0. The van der Waals surface area contributed by atoms with Crippen LogP contribution in [0.25, 0.3) is 0 Å². The second-order valence-electron chi connectivity index (χ2n) is 6.39. The molecule has 3 rings (SSSR count). The van der Waals surface area contributed by atoms with Crippen LogP contribution in [-0.4, -0.2) is 33.7 Å². The molecule has 1 saturated heterocycles. The molecule has 1 N–H and O–H groups in total. The summed E-state index contributed by atoms with van der Waals surface area (Å²) in [6.45, 7) is 2.03. The first-order valence-electron chi connectivity index (χ1n) is 8.96. The van der Waals surface area contributed by atoms with Crippen molar-refractivity contribution in [2.75, 3.05) is 11.9 Å². The first-order valence-corrected chi connectivity index (χ1v) is 10.6. The van der Waals surface area contributed by atoms with Crippen LogP contribution in [0.3, 0.4) is 0 Å². The fraction of sp³-hybridized carbons (Fsp3) is 0.250. The Labute approximate surface area is 183 Å². The maximum atomic E-state index is 13.0. The number of rotatable bonds is 4. The number of halogens is 4. The van der Waals surface area contributed by atoms with Crippen molar-refractivity contribution >= 4 is 56.0 Å². The third-order valence-corrected chi connectivity index (χ3v) is 5.97. The van der Waals surface area contributed by atoms with Gasteiger partial charge in [-0.2, -0.15) is 13.2 Å². The minimum atomic E-state index is -4.50. The van der Waals surface area contributed by atoms with E-state index in [9.17, 15) is 22.8 Å². The highest BCUT2D eigenvalue weighted by molar-refractivity contribution is 9.10. The number of hydrogen-bond acceptors (Lipinski definition) is 4. The van der Waals surface area contributed by atoms with Crippen molar-refractivity contribution in [3.05, 3.63) is 58.6 Å². The number of benzene rings is 2. The molecule has 1 aliphatic rings. The van der Waals surface area contributed by atoms with Crippen LogP contribution >= 0.6 is 27.7 Å². The van der Waals surface area contributed by atoms with Crippen LogP contribution in [0.1, 0.15) is 18.9 Å². The molecule has 1 fully saturated rings. The molecule has 2 amide bonds. The van der Waals surface area contributed by atoms with E-state index in [0.717, 1.165) is 28.4 Å². The molecule has 2 aromatic carbocycles. The summed E-state index contributed by atoms with van der Waals surface area (Å²) in [5, 5.41) is 2.21. The van der Waals surface area contributed by atoms with Gasteiger partial charge in [-0.3, -0.25) is 14.5 Å². The number of carbonyl (C=O) groups is 2. The largest absolute Gasteiger partial charge is 0.416 e. The van der Waals surface area contributed by atoms with E-state index in [1.54, 1.807) is 31.2 Å². The lowest BCUT2D eigenvalue weighted by Gasteiger charge is -2.31. The van der Waals surface area contributed by atoms with Crippen LogP contribution in [0.5, 0.6) is 0 Å². The molecule has 1 heterocycles. The number of anilines is 1. The topological polar surface area (TPSA) is 61.8 Å². The molecule has 1 atom stereocenters. The molecule has 2 aromatic rings. The number of amidine groups is 1. The molecule has 158 valence electrons. The normalized spacial score (nSPS) is 18.6. The summed E-state index contributed by atoms with van der Waals surface area (Å²) in [4.78, 5) is 30.8. The summed E-state index contributed by atoms with van der Waals surface area (Å²) in [5.41, 5.74) is -0.192. The first-order chi connectivity index (χ1) is 14.2. The highest BCUT2D eigenvalue weighted by atomic mass is 79.9. The highest BCUT2D eigenvalue weighted by Crippen LogP contribution is 2.33. The average Bonchev–Trinajstić information content (AvgIpc) is 2.69. The molecule has 5 nitrogen and oxygen atoms in total. The SMILES string of the molecule is CCN1C(=O)CC(C(=O)Nc2ccc(Br)cc2)SC1=Nc1cccc(C(F)(F)F)c1. The Balaban J connectivity index is 1.84. The van der Waals surface area contributed by atoms with E-state index < -0.39 is 17.0 Å². The Morgan fingerprint density at radius 3 is 2.60 bits per heavy atom. The number of thioether (sulfide) groups is 1. The van der Waals surface area contributed by atoms with Crippen molar-refractivity contribution < 1.29 is 22.8 Å². The van der Waals surface area contributed by atoms with Crippen LogP contribution in [0.15, 0.2) is 58.0 Å². The second-order valence-corrected chi connectivity index (χ2v) is 8.47. The number of nitrogens with one attached hydrogen (secondary N) is 1. The first kappa shape index (κ1) is 22.4. The third-order valence-electron chi connectivity index (χ3n) is 4.26. The van der Waals surface area contributed by atoms with Crippen LogP contribution in [0, 0.1) is 0 Å². The summed E-state index contributed by atoms with van der Waals surface area (Å²) >= 11 is 4.37. The number of aliphatic imine (C=N–C) groups is 1. The molecule has 10 heteroatoms. The zero-order valence-corrected chi connectivity index (χ0v) is 18.1. The summed E-state index contributed by atoms with van der Waals surface area (Å²) in [6.07, 6.45) is -4.52. The number of carbonyl (C=O) groups excluding carboxylic acids is 2. The van der Waals surface area contributed by atoms with Gasteiger partial charge in [-0.1, -0.05) is 33.8 Å². The van der Waals surface area contributed by atoms with Gasteiger partial charge in [0, 0.05) is 23.1 Å². The highest BCUT2D eigenvalue weighted by Gasteiger charge is 2.35. The standard InChI is InChI=1S/C20H17BrF3N3O2S/c1-2-27-17(28)11-16(18(29)25-14-8-6-13(21)7-9-14)30-19(27)26-15-5-3-4-12(10-15)20(22,23)24/h3-10,16H,2,11H2,1H3,(H,25,29). The van der Waals surface area contributed by atoms with E-state index in [-0.39, 0.29) is 29.1 Å². The number of nitrogens with zero attached hydrogens (tertiary/aromatic N) is 2. The quantitative estimate of drug-likeness (QED) is 0.608. The van der Waals surface area contributed by atoms with Crippen molar-refractivity contribution in [1.29, 1.82) is 0 Å². The van der Waals surface area contributed by atoms with E-state index in [1.807, 2.05) is 0 Å². The van der Waals surface area contributed by atoms with Gasteiger partial charge in [0.1, 0.15) is 5.25 Å². The Bertz CT molecular complexity index is 980. The minimum Gasteiger partial charge on any atom is -0.325 e. The van der Waals surface area contributed by atoms with E-state index in [0.29, 0.717) is 12.2 Å². The molecular weight excluding hydrogens is 483 g/mol. The lowest BCUT2D eigenvalue weighted by Crippen LogP contribution is -2.45. The number of amides is 2. The molecule has 0 aliphatic carbocycles. The zero-order valence-electron chi connectivity index (χ0n) is 15.7. The summed E-state index contributed by atoms with van der Waals surface area (Å²) in [5.74, 6) is -0.680. The molecule has 0 bridgehead atoms. The predicted molar refractivity (Wildman–Crippen MR) is 115 cm³/mol. The predicted octanol–water partition coefficient (Wildman–Crippen LogP) is 5.45. The van der Waals surface area contributed by atoms with Gasteiger partial charge in [0.05, 0.1) is 11.3 Å². The Morgan fingerprint density at radius 2 is 1.97 bits per heavy atom. The van der Waals surface area contributed by atoms with Crippen molar-refractivity contribution in [1.82, 2.24) is 4.90 Å². The lowest BCUT2D eigenvalue weighted by atomic mass is 10.2. The molecular formula is C20H17BrF3N3O2S. The smallest absolute Gasteiger partial charge is 0.325 e. The van der Waals surface area contributed by atoms with E-state index in [1.165, 1.54) is 17.0 Å². The van der Waals surface area contributed by atoms with Gasteiger partial charge in [0.15, 0.2) is 5.17 Å². The molecule has 0 spiro atoms. The summed E-state index contributed by atoms with van der Waals surface area (Å²) in [6, 6.07) is 11.5. The van der Waals surface area contributed by atoms with E-state index in [4.69, 9.17) is 0 Å². The molecule has 0 radical (unpaired) electrons. The van der Waals surface area contributed by atoms with Gasteiger partial charge < -0.3 is 5.32 Å². The van der Waals surface area contributed by atoms with Crippen LogP contribution < -0.4 is 5.32 Å². The Kier molecular flexibility index (Phi) is 6.87. The van der Waals surface area contributed by atoms with Crippen molar-refractivity contribution in [3.8, 4) is 0 Å². The maximum absolute atomic E-state index is 13.0. The van der Waals surface area contributed by atoms with Crippen LogP contribution in [0.2, 0.25) is 0 Å². The fourth-order valence-corrected chi connectivity index (χ4v) is 4.20. The Morgan fingerprint density at radius 1 is 1.27 bits per heavy atom. The third kappa shape index (κ3) is 5.42. The maximum Gasteiger partial charge on any atom is 0.416 e. The molecule has 1 unspecified atom stereocenters. The number of hydrogen-bond donors (Lipinski definition) is 1. The zero-order chi connectivity index (χ0) is 21.9.